The number of anilines is 1. The van der Waals surface area contributed by atoms with Gasteiger partial charge in [-0.25, -0.2) is 0 Å². The molecule has 0 saturated carbocycles. The Balaban J connectivity index is 2.87. The van der Waals surface area contributed by atoms with Crippen molar-refractivity contribution >= 4 is 17.3 Å². The van der Waals surface area contributed by atoms with Gasteiger partial charge in [-0.1, -0.05) is 13.8 Å². The number of nitrogens with one attached hydrogen (secondary N) is 1. The van der Waals surface area contributed by atoms with Gasteiger partial charge in [-0.2, -0.15) is 0 Å². The van der Waals surface area contributed by atoms with Crippen LogP contribution in [0, 0.1) is 16.0 Å². The molecule has 1 rings (SSSR count). The number of benzene rings is 1. The lowest BCUT2D eigenvalue weighted by molar-refractivity contribution is -0.384. The van der Waals surface area contributed by atoms with Crippen molar-refractivity contribution in [2.75, 3.05) is 12.4 Å². The van der Waals surface area contributed by atoms with Crippen LogP contribution in [-0.4, -0.2) is 24.0 Å². The van der Waals surface area contributed by atoms with Crippen LogP contribution in [0.3, 0.4) is 0 Å². The maximum Gasteiger partial charge on any atom is 0.271 e. The topological polar surface area (TPSA) is 107 Å². The van der Waals surface area contributed by atoms with Gasteiger partial charge in [0, 0.05) is 24.6 Å². The molecule has 1 amide bonds. The molecule has 1 unspecified atom stereocenters. The van der Waals surface area contributed by atoms with Crippen LogP contribution in [0.25, 0.3) is 0 Å². The molecular weight excluding hydrogens is 262 g/mol. The SMILES string of the molecule is COc1ccc([N+](=O)[O-])cc1NC(=O)CC(N)C(C)C. The molecule has 7 heteroatoms. The predicted octanol–water partition coefficient (Wildman–Crippen LogP) is 1.92. The van der Waals surface area contributed by atoms with E-state index < -0.39 is 4.92 Å². The van der Waals surface area contributed by atoms with E-state index in [1.165, 1.54) is 25.3 Å². The fraction of sp³-hybridized carbons (Fsp3) is 0.462. The molecule has 20 heavy (non-hydrogen) atoms. The van der Waals surface area contributed by atoms with E-state index >= 15 is 0 Å². The number of amides is 1. The number of nitrogens with zero attached hydrogens (tertiary/aromatic N) is 1. The molecule has 1 atom stereocenters. The molecule has 0 aliphatic rings. The molecule has 0 heterocycles. The van der Waals surface area contributed by atoms with Crippen molar-refractivity contribution in [3.05, 3.63) is 28.3 Å². The standard InChI is InChI=1S/C13H19N3O4/c1-8(2)10(14)7-13(17)15-11-6-9(16(18)19)4-5-12(11)20-3/h4-6,8,10H,7,14H2,1-3H3,(H,15,17). The van der Waals surface area contributed by atoms with E-state index in [1.54, 1.807) is 0 Å². The summed E-state index contributed by atoms with van der Waals surface area (Å²) < 4.78 is 5.06. The number of hydrogen-bond acceptors (Lipinski definition) is 5. The van der Waals surface area contributed by atoms with Gasteiger partial charge in [-0.3, -0.25) is 14.9 Å². The summed E-state index contributed by atoms with van der Waals surface area (Å²) in [6.45, 7) is 3.85. The van der Waals surface area contributed by atoms with Gasteiger partial charge in [0.1, 0.15) is 5.75 Å². The maximum absolute atomic E-state index is 11.9. The second-order valence-electron chi connectivity index (χ2n) is 4.80. The van der Waals surface area contributed by atoms with Crippen LogP contribution in [0.1, 0.15) is 20.3 Å². The number of hydrogen-bond donors (Lipinski definition) is 2. The highest BCUT2D eigenvalue weighted by Gasteiger charge is 2.16. The van der Waals surface area contributed by atoms with Crippen LogP contribution in [0.5, 0.6) is 5.75 Å². The van der Waals surface area contributed by atoms with Gasteiger partial charge in [0.15, 0.2) is 0 Å². The summed E-state index contributed by atoms with van der Waals surface area (Å²) in [6, 6.07) is 3.75. The molecule has 0 fully saturated rings. The summed E-state index contributed by atoms with van der Waals surface area (Å²) in [7, 11) is 1.43. The van der Waals surface area contributed by atoms with Crippen LogP contribution in [0.2, 0.25) is 0 Å². The molecule has 3 N–H and O–H groups in total. The minimum atomic E-state index is -0.533. The van der Waals surface area contributed by atoms with Gasteiger partial charge in [0.05, 0.1) is 17.7 Å². The first kappa shape index (κ1) is 15.9. The van der Waals surface area contributed by atoms with Gasteiger partial charge in [-0.15, -0.1) is 0 Å². The lowest BCUT2D eigenvalue weighted by atomic mass is 10.0. The smallest absolute Gasteiger partial charge is 0.271 e. The molecule has 110 valence electrons. The second kappa shape index (κ2) is 6.85. The number of methoxy groups -OCH3 is 1. The van der Waals surface area contributed by atoms with E-state index in [0.29, 0.717) is 5.75 Å². The molecule has 0 aromatic heterocycles. The summed E-state index contributed by atoms with van der Waals surface area (Å²) in [5.74, 6) is 0.236. The van der Waals surface area contributed by atoms with Crippen LogP contribution in [0.4, 0.5) is 11.4 Å². The zero-order valence-corrected chi connectivity index (χ0v) is 11.8. The minimum absolute atomic E-state index is 0.116. The summed E-state index contributed by atoms with van der Waals surface area (Å²) in [4.78, 5) is 22.1. The number of non-ortho nitro benzene ring substituents is 1. The fourth-order valence-electron chi connectivity index (χ4n) is 1.56. The Hall–Kier alpha value is -2.15. The Morgan fingerprint density at radius 1 is 1.50 bits per heavy atom. The number of carbonyl (C=O) groups is 1. The fourth-order valence-corrected chi connectivity index (χ4v) is 1.56. The van der Waals surface area contributed by atoms with Crippen molar-refractivity contribution in [1.29, 1.82) is 0 Å². The molecule has 0 saturated heterocycles. The van der Waals surface area contributed by atoms with E-state index in [4.69, 9.17) is 10.5 Å². The summed E-state index contributed by atoms with van der Waals surface area (Å²) in [5, 5.41) is 13.3. The van der Waals surface area contributed by atoms with Crippen LogP contribution < -0.4 is 15.8 Å². The zero-order chi connectivity index (χ0) is 15.3. The average molecular weight is 281 g/mol. The lowest BCUT2D eigenvalue weighted by Gasteiger charge is -2.16. The van der Waals surface area contributed by atoms with Crippen molar-refractivity contribution in [3.63, 3.8) is 0 Å². The lowest BCUT2D eigenvalue weighted by Crippen LogP contribution is -2.31. The molecule has 1 aromatic rings. The molecule has 0 aliphatic carbocycles. The number of nitrogens with two attached hydrogens (primary N) is 1. The molecule has 7 nitrogen and oxygen atoms in total. The van der Waals surface area contributed by atoms with E-state index in [1.807, 2.05) is 13.8 Å². The molecule has 0 aliphatic heterocycles. The highest BCUT2D eigenvalue weighted by molar-refractivity contribution is 5.93. The van der Waals surface area contributed by atoms with Gasteiger partial charge in [-0.05, 0) is 12.0 Å². The number of carbonyl (C=O) groups excluding carboxylic acids is 1. The Labute approximate surface area is 117 Å². The number of nitro groups is 1. The van der Waals surface area contributed by atoms with Crippen molar-refractivity contribution < 1.29 is 14.5 Å². The Morgan fingerprint density at radius 2 is 2.15 bits per heavy atom. The maximum atomic E-state index is 11.9. The molecular formula is C13H19N3O4. The van der Waals surface area contributed by atoms with Crippen molar-refractivity contribution in [1.82, 2.24) is 0 Å². The molecule has 0 spiro atoms. The monoisotopic (exact) mass is 281 g/mol. The van der Waals surface area contributed by atoms with Crippen molar-refractivity contribution in [2.24, 2.45) is 11.7 Å². The van der Waals surface area contributed by atoms with Crippen LogP contribution in [-0.2, 0) is 4.79 Å². The van der Waals surface area contributed by atoms with E-state index in [0.717, 1.165) is 0 Å². The van der Waals surface area contributed by atoms with E-state index in [2.05, 4.69) is 5.32 Å². The van der Waals surface area contributed by atoms with E-state index in [9.17, 15) is 14.9 Å². The van der Waals surface area contributed by atoms with Crippen molar-refractivity contribution in [3.8, 4) is 5.75 Å². The summed E-state index contributed by atoms with van der Waals surface area (Å²) >= 11 is 0. The number of rotatable bonds is 6. The highest BCUT2D eigenvalue weighted by atomic mass is 16.6. The largest absolute Gasteiger partial charge is 0.495 e. The van der Waals surface area contributed by atoms with Gasteiger partial charge in [0.25, 0.3) is 5.69 Å². The zero-order valence-electron chi connectivity index (χ0n) is 11.8. The quantitative estimate of drug-likeness (QED) is 0.611. The van der Waals surface area contributed by atoms with Crippen molar-refractivity contribution in [2.45, 2.75) is 26.3 Å². The molecule has 0 bridgehead atoms. The third-order valence-electron chi connectivity index (χ3n) is 2.95. The van der Waals surface area contributed by atoms with Gasteiger partial charge < -0.3 is 15.8 Å². The first-order chi connectivity index (χ1) is 9.35. The van der Waals surface area contributed by atoms with Crippen LogP contribution >= 0.6 is 0 Å². The Bertz CT molecular complexity index is 502. The van der Waals surface area contributed by atoms with Crippen LogP contribution in [0.15, 0.2) is 18.2 Å². The van der Waals surface area contributed by atoms with E-state index in [-0.39, 0.29) is 35.7 Å². The summed E-state index contributed by atoms with van der Waals surface area (Å²) in [6.07, 6.45) is 0.142. The Morgan fingerprint density at radius 3 is 2.65 bits per heavy atom. The second-order valence-corrected chi connectivity index (χ2v) is 4.80. The minimum Gasteiger partial charge on any atom is -0.495 e. The third kappa shape index (κ3) is 4.20. The highest BCUT2D eigenvalue weighted by Crippen LogP contribution is 2.29. The van der Waals surface area contributed by atoms with Gasteiger partial charge in [0.2, 0.25) is 5.91 Å². The molecule has 1 aromatic carbocycles. The normalized spacial score (nSPS) is 12.1. The first-order valence-electron chi connectivity index (χ1n) is 6.23. The summed E-state index contributed by atoms with van der Waals surface area (Å²) in [5.41, 5.74) is 5.97. The average Bonchev–Trinajstić information content (AvgIpc) is 2.38. The van der Waals surface area contributed by atoms with Gasteiger partial charge >= 0.3 is 0 Å². The molecule has 0 radical (unpaired) electrons. The first-order valence-corrected chi connectivity index (χ1v) is 6.23. The number of ether oxygens (including phenoxy) is 1. The number of nitro benzene ring substituents is 1. The third-order valence-corrected chi connectivity index (χ3v) is 2.95. The Kier molecular flexibility index (Phi) is 5.45. The predicted molar refractivity (Wildman–Crippen MR) is 75.7 cm³/mol.